The van der Waals surface area contributed by atoms with E-state index in [-0.39, 0.29) is 18.3 Å². The summed E-state index contributed by atoms with van der Waals surface area (Å²) in [6.45, 7) is 9.44. The molecule has 0 aliphatic carbocycles. The van der Waals surface area contributed by atoms with Crippen LogP contribution in [0.2, 0.25) is 0 Å². The van der Waals surface area contributed by atoms with E-state index in [4.69, 9.17) is 24.4 Å². The molecule has 0 amide bonds. The Balaban J connectivity index is 0.00000188. The number of fused-ring (bicyclic) bond motifs is 1. The van der Waals surface area contributed by atoms with Gasteiger partial charge in [0.15, 0.2) is 17.2 Å². The normalized spacial score (nSPS) is 20.3. The lowest BCUT2D eigenvalue weighted by atomic mass is 9.80. The molecule has 5 aromatic rings. The van der Waals surface area contributed by atoms with E-state index in [0.717, 1.165) is 22.3 Å². The van der Waals surface area contributed by atoms with Crippen LogP contribution in [0.25, 0.3) is 11.1 Å². The summed E-state index contributed by atoms with van der Waals surface area (Å²) in [5.41, 5.74) is 9.82. The maximum absolute atomic E-state index is 10.7. The molecule has 3 N–H and O–H groups in total. The molecule has 1 fully saturated rings. The number of hydrogen-bond donors (Lipinski definition) is 2. The fourth-order valence-corrected chi connectivity index (χ4v) is 5.97. The number of hydrogen-bond acceptors (Lipinski definition) is 8. The number of aromatic nitrogens is 2. The molecule has 6 rings (SSSR count). The lowest BCUT2D eigenvalue weighted by molar-refractivity contribution is -0.225. The second-order valence-electron chi connectivity index (χ2n) is 11.2. The molecule has 0 bridgehead atoms. The molecule has 8 nitrogen and oxygen atoms in total. The van der Waals surface area contributed by atoms with E-state index >= 15 is 0 Å². The van der Waals surface area contributed by atoms with Gasteiger partial charge in [-0.25, -0.2) is 9.97 Å². The van der Waals surface area contributed by atoms with Gasteiger partial charge in [-0.3, -0.25) is 0 Å². The van der Waals surface area contributed by atoms with Crippen LogP contribution in [0.4, 0.5) is 5.82 Å². The molecule has 1 aliphatic heterocycles. The van der Waals surface area contributed by atoms with Crippen molar-refractivity contribution in [2.24, 2.45) is 5.92 Å². The molecule has 1 saturated heterocycles. The highest BCUT2D eigenvalue weighted by Crippen LogP contribution is 2.46. The fraction of sp³-hybridized carbons (Fsp3) is 0.333. The summed E-state index contributed by atoms with van der Waals surface area (Å²) in [5.74, 6) is -1.31. The lowest BCUT2D eigenvalue weighted by Gasteiger charge is -2.37. The average molecular weight is 596 g/mol. The van der Waals surface area contributed by atoms with Crippen molar-refractivity contribution in [2.45, 2.75) is 64.3 Å². The SMILES string of the molecule is CC.CC1C(OC(C)(C)O)[C@@H](COC(c2ccccc2)(c2ccccc2)c2ccccc2)O[C@H]1c1coc2c(N)ncnc12. The van der Waals surface area contributed by atoms with E-state index < -0.39 is 29.7 Å². The van der Waals surface area contributed by atoms with Gasteiger partial charge in [0.05, 0.1) is 25.1 Å². The zero-order valence-electron chi connectivity index (χ0n) is 25.9. The van der Waals surface area contributed by atoms with E-state index in [1.165, 1.54) is 6.33 Å². The first-order valence-corrected chi connectivity index (χ1v) is 15.1. The van der Waals surface area contributed by atoms with Crippen LogP contribution in [0.1, 0.15) is 63.0 Å². The van der Waals surface area contributed by atoms with Gasteiger partial charge in [-0.1, -0.05) is 112 Å². The Morgan fingerprint density at radius 2 is 1.36 bits per heavy atom. The minimum atomic E-state index is -1.39. The number of furan rings is 1. The molecule has 4 atom stereocenters. The summed E-state index contributed by atoms with van der Waals surface area (Å²) in [6, 6.07) is 30.5. The predicted octanol–water partition coefficient (Wildman–Crippen LogP) is 7.03. The Hall–Kier alpha value is -4.08. The van der Waals surface area contributed by atoms with Crippen molar-refractivity contribution in [1.82, 2.24) is 9.97 Å². The van der Waals surface area contributed by atoms with Crippen LogP contribution in [0.5, 0.6) is 0 Å². The number of nitrogens with two attached hydrogens (primary N) is 1. The summed E-state index contributed by atoms with van der Waals surface area (Å²) in [5, 5.41) is 10.7. The Bertz CT molecular complexity index is 1520. The van der Waals surface area contributed by atoms with Crippen LogP contribution in [-0.2, 0) is 19.8 Å². The van der Waals surface area contributed by atoms with Crippen molar-refractivity contribution in [2.75, 3.05) is 12.3 Å². The third-order valence-corrected chi connectivity index (χ3v) is 7.83. The highest BCUT2D eigenvalue weighted by atomic mass is 16.7. The van der Waals surface area contributed by atoms with Gasteiger partial charge in [0.25, 0.3) is 0 Å². The van der Waals surface area contributed by atoms with Gasteiger partial charge in [-0.2, -0.15) is 0 Å². The molecule has 44 heavy (non-hydrogen) atoms. The monoisotopic (exact) mass is 595 g/mol. The molecule has 3 heterocycles. The molecular weight excluding hydrogens is 554 g/mol. The summed E-state index contributed by atoms with van der Waals surface area (Å²) in [4.78, 5) is 8.47. The fourth-order valence-electron chi connectivity index (χ4n) is 5.97. The Morgan fingerprint density at radius 3 is 1.86 bits per heavy atom. The van der Waals surface area contributed by atoms with Crippen LogP contribution in [0.3, 0.4) is 0 Å². The van der Waals surface area contributed by atoms with Crippen LogP contribution < -0.4 is 5.73 Å². The van der Waals surface area contributed by atoms with Gasteiger partial charge in [0.1, 0.15) is 23.5 Å². The molecule has 3 aromatic carbocycles. The maximum Gasteiger partial charge on any atom is 0.194 e. The largest absolute Gasteiger partial charge is 0.458 e. The summed E-state index contributed by atoms with van der Waals surface area (Å²) in [6.07, 6.45) is 1.55. The number of ether oxygens (including phenoxy) is 3. The second kappa shape index (κ2) is 13.3. The van der Waals surface area contributed by atoms with Crippen molar-refractivity contribution in [3.63, 3.8) is 0 Å². The van der Waals surface area contributed by atoms with E-state index in [9.17, 15) is 5.11 Å². The van der Waals surface area contributed by atoms with Crippen molar-refractivity contribution in [1.29, 1.82) is 0 Å². The number of nitrogen functional groups attached to an aromatic ring is 1. The van der Waals surface area contributed by atoms with Crippen LogP contribution in [0.15, 0.2) is 108 Å². The van der Waals surface area contributed by atoms with Gasteiger partial charge >= 0.3 is 0 Å². The highest BCUT2D eigenvalue weighted by molar-refractivity contribution is 5.85. The quantitative estimate of drug-likeness (QED) is 0.138. The highest BCUT2D eigenvalue weighted by Gasteiger charge is 2.48. The molecule has 8 heteroatoms. The van der Waals surface area contributed by atoms with E-state index in [1.807, 2.05) is 75.4 Å². The molecule has 0 spiro atoms. The predicted molar refractivity (Wildman–Crippen MR) is 171 cm³/mol. The van der Waals surface area contributed by atoms with E-state index in [0.29, 0.717) is 11.1 Å². The third kappa shape index (κ3) is 6.12. The lowest BCUT2D eigenvalue weighted by Crippen LogP contribution is -2.42. The number of benzene rings is 3. The minimum absolute atomic E-state index is 0.174. The van der Waals surface area contributed by atoms with Crippen LogP contribution in [0, 0.1) is 5.92 Å². The van der Waals surface area contributed by atoms with Gasteiger partial charge in [0.2, 0.25) is 0 Å². The molecule has 230 valence electrons. The topological polar surface area (TPSA) is 113 Å². The first kappa shape index (κ1) is 31.3. The smallest absolute Gasteiger partial charge is 0.194 e. The number of aliphatic hydroxyl groups is 1. The zero-order valence-corrected chi connectivity index (χ0v) is 25.9. The first-order valence-electron chi connectivity index (χ1n) is 15.1. The summed E-state index contributed by atoms with van der Waals surface area (Å²) >= 11 is 0. The van der Waals surface area contributed by atoms with Crippen molar-refractivity contribution < 1.29 is 23.7 Å². The molecule has 0 saturated carbocycles. The van der Waals surface area contributed by atoms with Gasteiger partial charge < -0.3 is 29.5 Å². The molecular formula is C36H41N3O5. The molecule has 2 unspecified atom stereocenters. The Kier molecular flexibility index (Phi) is 9.46. The number of rotatable bonds is 9. The molecule has 0 radical (unpaired) electrons. The standard InChI is InChI=1S/C34H35N3O5.C2H6/c1-22-29(26-19-39-31-28(26)36-21-37-32(31)35)41-27(30(22)42-33(2,3)38)20-40-34(23-13-7-4-8-14-23,24-15-9-5-10-16-24)25-17-11-6-12-18-25;1-2/h4-19,21-22,27,29-30,38H,20H2,1-3H3,(H2,35,36,37);1-2H3/t22?,27-,29-,30?;/m1./s1. The van der Waals surface area contributed by atoms with E-state index in [1.54, 1.807) is 20.1 Å². The summed E-state index contributed by atoms with van der Waals surface area (Å²) < 4.78 is 25.8. The second-order valence-corrected chi connectivity index (χ2v) is 11.2. The molecule has 1 aliphatic rings. The third-order valence-electron chi connectivity index (χ3n) is 7.83. The Morgan fingerprint density at radius 1 is 0.841 bits per heavy atom. The first-order chi connectivity index (χ1) is 21.3. The van der Waals surface area contributed by atoms with E-state index in [2.05, 4.69) is 46.4 Å². The van der Waals surface area contributed by atoms with Gasteiger partial charge in [0, 0.05) is 11.5 Å². The number of nitrogens with zero attached hydrogens (tertiary/aromatic N) is 2. The van der Waals surface area contributed by atoms with Crippen LogP contribution >= 0.6 is 0 Å². The zero-order chi connectivity index (χ0) is 31.3. The average Bonchev–Trinajstić information content (AvgIpc) is 3.61. The summed E-state index contributed by atoms with van der Waals surface area (Å²) in [7, 11) is 0. The molecule has 2 aromatic heterocycles. The number of anilines is 1. The van der Waals surface area contributed by atoms with Crippen molar-refractivity contribution in [3.8, 4) is 0 Å². The maximum atomic E-state index is 10.7. The van der Waals surface area contributed by atoms with Crippen molar-refractivity contribution in [3.05, 3.63) is 126 Å². The Labute approximate surface area is 258 Å². The minimum Gasteiger partial charge on any atom is -0.458 e. The van der Waals surface area contributed by atoms with Crippen molar-refractivity contribution >= 4 is 16.9 Å². The van der Waals surface area contributed by atoms with Gasteiger partial charge in [-0.05, 0) is 30.5 Å². The van der Waals surface area contributed by atoms with Gasteiger partial charge in [-0.15, -0.1) is 0 Å². The van der Waals surface area contributed by atoms with Crippen LogP contribution in [-0.4, -0.2) is 39.7 Å².